The van der Waals surface area contributed by atoms with Gasteiger partial charge in [-0.05, 0) is 68.0 Å². The predicted octanol–water partition coefficient (Wildman–Crippen LogP) is 4.88. The predicted molar refractivity (Wildman–Crippen MR) is 88.1 cm³/mol. The number of aryl methyl sites for hydroxylation is 2. The van der Waals surface area contributed by atoms with Gasteiger partial charge in [0.05, 0.1) is 12.6 Å². The molecular weight excluding hydrogens is 258 g/mol. The zero-order valence-electron chi connectivity index (χ0n) is 12.9. The van der Waals surface area contributed by atoms with Crippen LogP contribution in [0.4, 0.5) is 5.69 Å². The second kappa shape index (κ2) is 6.21. The maximum absolute atomic E-state index is 5.56. The SMILES string of the molecule is CCOc1ccc(NC2CCCc3ccccc32)c(C)c1. The Kier molecular flexibility index (Phi) is 4.14. The average Bonchev–Trinajstić information content (AvgIpc) is 2.51. The van der Waals surface area contributed by atoms with Crippen molar-refractivity contribution in [3.63, 3.8) is 0 Å². The van der Waals surface area contributed by atoms with E-state index in [-0.39, 0.29) is 0 Å². The topological polar surface area (TPSA) is 21.3 Å². The maximum atomic E-state index is 5.56. The zero-order valence-corrected chi connectivity index (χ0v) is 12.9. The summed E-state index contributed by atoms with van der Waals surface area (Å²) in [5.74, 6) is 0.949. The number of fused-ring (bicyclic) bond motifs is 1. The van der Waals surface area contributed by atoms with Gasteiger partial charge in [-0.25, -0.2) is 0 Å². The van der Waals surface area contributed by atoms with E-state index < -0.39 is 0 Å². The first-order valence-electron chi connectivity index (χ1n) is 7.85. The highest BCUT2D eigenvalue weighted by Crippen LogP contribution is 2.33. The summed E-state index contributed by atoms with van der Waals surface area (Å²) in [6, 6.07) is 15.5. The number of hydrogen-bond acceptors (Lipinski definition) is 2. The fraction of sp³-hybridized carbons (Fsp3) is 0.368. The van der Waals surface area contributed by atoms with Crippen molar-refractivity contribution < 1.29 is 4.74 Å². The first-order valence-corrected chi connectivity index (χ1v) is 7.85. The first kappa shape index (κ1) is 14.0. The van der Waals surface area contributed by atoms with Crippen molar-refractivity contribution in [1.29, 1.82) is 0 Å². The third kappa shape index (κ3) is 3.05. The van der Waals surface area contributed by atoms with Crippen LogP contribution in [0.25, 0.3) is 0 Å². The second-order valence-corrected chi connectivity index (χ2v) is 5.70. The normalized spacial score (nSPS) is 17.1. The molecule has 21 heavy (non-hydrogen) atoms. The van der Waals surface area contributed by atoms with Gasteiger partial charge in [0, 0.05) is 5.69 Å². The third-order valence-electron chi connectivity index (χ3n) is 4.21. The molecule has 0 amide bonds. The van der Waals surface area contributed by atoms with E-state index in [1.54, 1.807) is 0 Å². The number of anilines is 1. The Bertz CT molecular complexity index is 621. The standard InChI is InChI=1S/C19H23NO/c1-3-21-16-11-12-18(14(2)13-16)20-19-10-6-8-15-7-4-5-9-17(15)19/h4-5,7,9,11-13,19-20H,3,6,8,10H2,1-2H3. The number of rotatable bonds is 4. The van der Waals surface area contributed by atoms with Gasteiger partial charge in [0.25, 0.3) is 0 Å². The van der Waals surface area contributed by atoms with Crippen LogP contribution in [0.3, 0.4) is 0 Å². The molecule has 110 valence electrons. The van der Waals surface area contributed by atoms with E-state index >= 15 is 0 Å². The van der Waals surface area contributed by atoms with Crippen molar-refractivity contribution in [3.05, 3.63) is 59.2 Å². The molecule has 1 atom stereocenters. The summed E-state index contributed by atoms with van der Waals surface area (Å²) in [5, 5.41) is 3.72. The maximum Gasteiger partial charge on any atom is 0.119 e. The molecule has 2 aromatic rings. The van der Waals surface area contributed by atoms with Crippen LogP contribution < -0.4 is 10.1 Å². The smallest absolute Gasteiger partial charge is 0.119 e. The Morgan fingerprint density at radius 2 is 2.05 bits per heavy atom. The lowest BCUT2D eigenvalue weighted by molar-refractivity contribution is 0.340. The summed E-state index contributed by atoms with van der Waals surface area (Å²) in [6.45, 7) is 4.86. The molecule has 1 aliphatic carbocycles. The largest absolute Gasteiger partial charge is 0.494 e. The molecule has 2 heteroatoms. The molecule has 2 nitrogen and oxygen atoms in total. The Morgan fingerprint density at radius 3 is 2.86 bits per heavy atom. The van der Waals surface area contributed by atoms with Crippen LogP contribution in [0.1, 0.15) is 42.5 Å². The van der Waals surface area contributed by atoms with Gasteiger partial charge >= 0.3 is 0 Å². The van der Waals surface area contributed by atoms with Crippen molar-refractivity contribution in [1.82, 2.24) is 0 Å². The summed E-state index contributed by atoms with van der Waals surface area (Å²) >= 11 is 0. The summed E-state index contributed by atoms with van der Waals surface area (Å²) in [7, 11) is 0. The highest BCUT2D eigenvalue weighted by molar-refractivity contribution is 5.55. The Hall–Kier alpha value is -1.96. The average molecular weight is 281 g/mol. The van der Waals surface area contributed by atoms with Gasteiger partial charge in [-0.1, -0.05) is 24.3 Å². The number of ether oxygens (including phenoxy) is 1. The van der Waals surface area contributed by atoms with Gasteiger partial charge in [-0.3, -0.25) is 0 Å². The van der Waals surface area contributed by atoms with Crippen LogP contribution in [0.15, 0.2) is 42.5 Å². The summed E-state index contributed by atoms with van der Waals surface area (Å²) in [6.07, 6.45) is 3.66. The van der Waals surface area contributed by atoms with E-state index in [9.17, 15) is 0 Å². The van der Waals surface area contributed by atoms with Crippen LogP contribution in [0.5, 0.6) is 5.75 Å². The van der Waals surface area contributed by atoms with Crippen molar-refractivity contribution in [2.24, 2.45) is 0 Å². The van der Waals surface area contributed by atoms with E-state index in [4.69, 9.17) is 4.74 Å². The lowest BCUT2D eigenvalue weighted by atomic mass is 9.87. The number of hydrogen-bond donors (Lipinski definition) is 1. The molecule has 0 saturated carbocycles. The van der Waals surface area contributed by atoms with Crippen LogP contribution in [0.2, 0.25) is 0 Å². The highest BCUT2D eigenvalue weighted by atomic mass is 16.5. The molecule has 0 saturated heterocycles. The summed E-state index contributed by atoms with van der Waals surface area (Å²) < 4.78 is 5.56. The minimum absolute atomic E-state index is 0.423. The molecule has 0 radical (unpaired) electrons. The van der Waals surface area contributed by atoms with Gasteiger partial charge in [0.1, 0.15) is 5.75 Å². The van der Waals surface area contributed by atoms with Crippen LogP contribution in [-0.2, 0) is 6.42 Å². The molecule has 0 spiro atoms. The van der Waals surface area contributed by atoms with Gasteiger partial charge in [0.2, 0.25) is 0 Å². The summed E-state index contributed by atoms with van der Waals surface area (Å²) in [4.78, 5) is 0. The number of benzene rings is 2. The molecule has 0 aliphatic heterocycles. The lowest BCUT2D eigenvalue weighted by Gasteiger charge is -2.28. The van der Waals surface area contributed by atoms with E-state index in [0.717, 1.165) is 5.75 Å². The van der Waals surface area contributed by atoms with E-state index in [0.29, 0.717) is 12.6 Å². The van der Waals surface area contributed by atoms with Gasteiger partial charge < -0.3 is 10.1 Å². The number of nitrogens with one attached hydrogen (secondary N) is 1. The minimum Gasteiger partial charge on any atom is -0.494 e. The Labute approximate surface area is 127 Å². The van der Waals surface area contributed by atoms with Gasteiger partial charge in [-0.2, -0.15) is 0 Å². The van der Waals surface area contributed by atoms with Gasteiger partial charge in [0.15, 0.2) is 0 Å². The van der Waals surface area contributed by atoms with Gasteiger partial charge in [-0.15, -0.1) is 0 Å². The van der Waals surface area contributed by atoms with Crippen molar-refractivity contribution in [3.8, 4) is 5.75 Å². The van der Waals surface area contributed by atoms with Crippen molar-refractivity contribution in [2.45, 2.75) is 39.2 Å². The fourth-order valence-corrected chi connectivity index (χ4v) is 3.15. The third-order valence-corrected chi connectivity index (χ3v) is 4.21. The second-order valence-electron chi connectivity index (χ2n) is 5.70. The van der Waals surface area contributed by atoms with Crippen LogP contribution in [0, 0.1) is 6.92 Å². The molecule has 0 bridgehead atoms. The van der Waals surface area contributed by atoms with Crippen molar-refractivity contribution >= 4 is 5.69 Å². The molecule has 0 aromatic heterocycles. The minimum atomic E-state index is 0.423. The molecular formula is C19H23NO. The first-order chi connectivity index (χ1) is 10.3. The summed E-state index contributed by atoms with van der Waals surface area (Å²) in [5.41, 5.74) is 5.39. The van der Waals surface area contributed by atoms with Crippen LogP contribution >= 0.6 is 0 Å². The Morgan fingerprint density at radius 1 is 1.19 bits per heavy atom. The molecule has 2 aromatic carbocycles. The Balaban J connectivity index is 1.81. The highest BCUT2D eigenvalue weighted by Gasteiger charge is 2.19. The molecule has 1 aliphatic rings. The van der Waals surface area contributed by atoms with E-state index in [1.165, 1.54) is 41.6 Å². The van der Waals surface area contributed by atoms with E-state index in [1.807, 2.05) is 13.0 Å². The molecule has 1 unspecified atom stereocenters. The quantitative estimate of drug-likeness (QED) is 0.862. The molecule has 3 rings (SSSR count). The molecule has 1 N–H and O–H groups in total. The van der Waals surface area contributed by atoms with Crippen LogP contribution in [-0.4, -0.2) is 6.61 Å². The molecule has 0 heterocycles. The fourth-order valence-electron chi connectivity index (χ4n) is 3.15. The van der Waals surface area contributed by atoms with Crippen molar-refractivity contribution in [2.75, 3.05) is 11.9 Å². The molecule has 0 fully saturated rings. The zero-order chi connectivity index (χ0) is 14.7. The monoisotopic (exact) mass is 281 g/mol. The van der Waals surface area contributed by atoms with E-state index in [2.05, 4.69) is 48.6 Å². The lowest BCUT2D eigenvalue weighted by Crippen LogP contribution is -2.17.